The topological polar surface area (TPSA) is 56.8 Å². The molecule has 0 aliphatic heterocycles. The van der Waals surface area contributed by atoms with Crippen LogP contribution in [0.1, 0.15) is 26.3 Å². The Morgan fingerprint density at radius 1 is 1.29 bits per heavy atom. The van der Waals surface area contributed by atoms with Crippen molar-refractivity contribution in [2.24, 2.45) is 5.92 Å². The maximum absolute atomic E-state index is 11.3. The SMILES string of the molecule is CCOC(=O)COc1cc(CNCC(C)C)ccc1OC. The number of carbonyl (C=O) groups excluding carboxylic acids is 1. The molecule has 0 amide bonds. The highest BCUT2D eigenvalue weighted by atomic mass is 16.6. The van der Waals surface area contributed by atoms with E-state index >= 15 is 0 Å². The van der Waals surface area contributed by atoms with Crippen LogP contribution in [0.15, 0.2) is 18.2 Å². The van der Waals surface area contributed by atoms with Gasteiger partial charge >= 0.3 is 5.97 Å². The van der Waals surface area contributed by atoms with Gasteiger partial charge in [0, 0.05) is 6.54 Å². The van der Waals surface area contributed by atoms with E-state index in [1.807, 2.05) is 18.2 Å². The number of rotatable bonds is 9. The highest BCUT2D eigenvalue weighted by Crippen LogP contribution is 2.28. The molecule has 1 aromatic carbocycles. The van der Waals surface area contributed by atoms with Gasteiger partial charge in [0.25, 0.3) is 0 Å². The Morgan fingerprint density at radius 2 is 2.05 bits per heavy atom. The highest BCUT2D eigenvalue weighted by Gasteiger charge is 2.09. The molecule has 1 rings (SSSR count). The molecule has 5 nitrogen and oxygen atoms in total. The first-order valence-electron chi connectivity index (χ1n) is 7.22. The maximum atomic E-state index is 11.3. The van der Waals surface area contributed by atoms with Gasteiger partial charge in [-0.15, -0.1) is 0 Å². The maximum Gasteiger partial charge on any atom is 0.344 e. The highest BCUT2D eigenvalue weighted by molar-refractivity contribution is 5.71. The molecule has 0 aliphatic rings. The van der Waals surface area contributed by atoms with Crippen molar-refractivity contribution in [1.82, 2.24) is 5.32 Å². The normalized spacial score (nSPS) is 10.5. The zero-order valence-corrected chi connectivity index (χ0v) is 13.3. The summed E-state index contributed by atoms with van der Waals surface area (Å²) in [6, 6.07) is 5.70. The van der Waals surface area contributed by atoms with E-state index in [0.29, 0.717) is 24.0 Å². The summed E-state index contributed by atoms with van der Waals surface area (Å²) in [6.45, 7) is 8.01. The molecular formula is C16H25NO4. The quantitative estimate of drug-likeness (QED) is 0.709. The van der Waals surface area contributed by atoms with E-state index in [0.717, 1.165) is 18.7 Å². The van der Waals surface area contributed by atoms with Gasteiger partial charge in [0.1, 0.15) is 0 Å². The minimum atomic E-state index is -0.386. The molecule has 0 saturated carbocycles. The number of hydrogen-bond donors (Lipinski definition) is 1. The molecular weight excluding hydrogens is 270 g/mol. The first-order valence-corrected chi connectivity index (χ1v) is 7.22. The van der Waals surface area contributed by atoms with Crippen LogP contribution in [0.2, 0.25) is 0 Å². The second-order valence-electron chi connectivity index (χ2n) is 5.10. The Morgan fingerprint density at radius 3 is 2.67 bits per heavy atom. The molecule has 118 valence electrons. The van der Waals surface area contributed by atoms with E-state index in [-0.39, 0.29) is 12.6 Å². The van der Waals surface area contributed by atoms with Gasteiger partial charge in [0.15, 0.2) is 18.1 Å². The summed E-state index contributed by atoms with van der Waals surface area (Å²) in [6.07, 6.45) is 0. The molecule has 0 aliphatic carbocycles. The Kier molecular flexibility index (Phi) is 7.61. The number of carbonyl (C=O) groups is 1. The predicted octanol–water partition coefficient (Wildman–Crippen LogP) is 2.38. The lowest BCUT2D eigenvalue weighted by Gasteiger charge is -2.13. The third kappa shape index (κ3) is 6.49. The zero-order chi connectivity index (χ0) is 15.7. The zero-order valence-electron chi connectivity index (χ0n) is 13.3. The van der Waals surface area contributed by atoms with E-state index in [1.54, 1.807) is 14.0 Å². The first-order chi connectivity index (χ1) is 10.1. The Hall–Kier alpha value is -1.75. The van der Waals surface area contributed by atoms with Gasteiger partial charge in [-0.05, 0) is 37.1 Å². The Bertz CT molecular complexity index is 446. The van der Waals surface area contributed by atoms with Gasteiger partial charge in [-0.25, -0.2) is 4.79 Å². The molecule has 0 saturated heterocycles. The van der Waals surface area contributed by atoms with Gasteiger partial charge in [-0.1, -0.05) is 19.9 Å². The van der Waals surface area contributed by atoms with Crippen LogP contribution in [0.4, 0.5) is 0 Å². The molecule has 0 unspecified atom stereocenters. The van der Waals surface area contributed by atoms with E-state index in [1.165, 1.54) is 0 Å². The first kappa shape index (κ1) is 17.3. The van der Waals surface area contributed by atoms with Crippen LogP contribution in [0, 0.1) is 5.92 Å². The lowest BCUT2D eigenvalue weighted by Crippen LogP contribution is -2.19. The van der Waals surface area contributed by atoms with Crippen LogP contribution in [0.3, 0.4) is 0 Å². The van der Waals surface area contributed by atoms with Crippen molar-refractivity contribution in [2.45, 2.75) is 27.3 Å². The Balaban J connectivity index is 2.64. The molecule has 0 atom stereocenters. The van der Waals surface area contributed by atoms with Crippen LogP contribution < -0.4 is 14.8 Å². The van der Waals surface area contributed by atoms with Crippen molar-refractivity contribution in [3.05, 3.63) is 23.8 Å². The number of esters is 1. The number of nitrogens with one attached hydrogen (secondary N) is 1. The van der Waals surface area contributed by atoms with Gasteiger partial charge in [0.05, 0.1) is 13.7 Å². The minimum Gasteiger partial charge on any atom is -0.493 e. The van der Waals surface area contributed by atoms with E-state index < -0.39 is 0 Å². The van der Waals surface area contributed by atoms with E-state index in [2.05, 4.69) is 19.2 Å². The van der Waals surface area contributed by atoms with Crippen LogP contribution in [0.5, 0.6) is 11.5 Å². The Labute approximate surface area is 126 Å². The molecule has 0 spiro atoms. The summed E-state index contributed by atoms with van der Waals surface area (Å²) < 4.78 is 15.6. The van der Waals surface area contributed by atoms with Crippen LogP contribution in [-0.2, 0) is 16.1 Å². The number of ether oxygens (including phenoxy) is 3. The van der Waals surface area contributed by atoms with Crippen LogP contribution >= 0.6 is 0 Å². The van der Waals surface area contributed by atoms with Crippen molar-refractivity contribution in [3.63, 3.8) is 0 Å². The molecule has 1 N–H and O–H groups in total. The fraction of sp³-hybridized carbons (Fsp3) is 0.562. The molecule has 0 aromatic heterocycles. The molecule has 1 aromatic rings. The monoisotopic (exact) mass is 295 g/mol. The third-order valence-corrected chi connectivity index (χ3v) is 2.76. The molecule has 5 heteroatoms. The van der Waals surface area contributed by atoms with Gasteiger partial charge < -0.3 is 19.5 Å². The third-order valence-electron chi connectivity index (χ3n) is 2.76. The number of benzene rings is 1. The van der Waals surface area contributed by atoms with Crippen molar-refractivity contribution < 1.29 is 19.0 Å². The standard InChI is InChI=1S/C16H25NO4/c1-5-20-16(18)11-21-15-8-13(6-7-14(15)19-4)10-17-9-12(2)3/h6-8,12,17H,5,9-11H2,1-4H3. The predicted molar refractivity (Wildman–Crippen MR) is 81.7 cm³/mol. The largest absolute Gasteiger partial charge is 0.493 e. The lowest BCUT2D eigenvalue weighted by atomic mass is 10.2. The summed E-state index contributed by atoms with van der Waals surface area (Å²) in [5.74, 6) is 1.37. The summed E-state index contributed by atoms with van der Waals surface area (Å²) in [4.78, 5) is 11.3. The van der Waals surface area contributed by atoms with E-state index in [4.69, 9.17) is 14.2 Å². The summed E-state index contributed by atoms with van der Waals surface area (Å²) in [7, 11) is 1.57. The average Bonchev–Trinajstić information content (AvgIpc) is 2.45. The fourth-order valence-electron chi connectivity index (χ4n) is 1.79. The van der Waals surface area contributed by atoms with E-state index in [9.17, 15) is 4.79 Å². The number of methoxy groups -OCH3 is 1. The second kappa shape index (κ2) is 9.23. The molecule has 0 radical (unpaired) electrons. The number of hydrogen-bond acceptors (Lipinski definition) is 5. The van der Waals surface area contributed by atoms with Crippen molar-refractivity contribution >= 4 is 5.97 Å². The minimum absolute atomic E-state index is 0.118. The lowest BCUT2D eigenvalue weighted by molar-refractivity contribution is -0.145. The fourth-order valence-corrected chi connectivity index (χ4v) is 1.79. The molecule has 0 bridgehead atoms. The molecule has 21 heavy (non-hydrogen) atoms. The van der Waals surface area contributed by atoms with Gasteiger partial charge in [-0.2, -0.15) is 0 Å². The van der Waals surface area contributed by atoms with Crippen molar-refractivity contribution in [1.29, 1.82) is 0 Å². The van der Waals surface area contributed by atoms with Gasteiger partial charge in [0.2, 0.25) is 0 Å². The van der Waals surface area contributed by atoms with Crippen LogP contribution in [0.25, 0.3) is 0 Å². The molecule has 0 heterocycles. The summed E-state index contributed by atoms with van der Waals surface area (Å²) in [5, 5.41) is 3.36. The van der Waals surface area contributed by atoms with Crippen LogP contribution in [-0.4, -0.2) is 32.8 Å². The average molecular weight is 295 g/mol. The summed E-state index contributed by atoms with van der Waals surface area (Å²) in [5.41, 5.74) is 1.08. The smallest absolute Gasteiger partial charge is 0.344 e. The van der Waals surface area contributed by atoms with Crippen molar-refractivity contribution in [3.8, 4) is 11.5 Å². The van der Waals surface area contributed by atoms with Crippen molar-refractivity contribution in [2.75, 3.05) is 26.9 Å². The molecule has 0 fully saturated rings. The second-order valence-corrected chi connectivity index (χ2v) is 5.10. The van der Waals surface area contributed by atoms with Gasteiger partial charge in [-0.3, -0.25) is 0 Å². The summed E-state index contributed by atoms with van der Waals surface area (Å²) >= 11 is 0.